The van der Waals surface area contributed by atoms with Gasteiger partial charge in [0.15, 0.2) is 5.76 Å². The van der Waals surface area contributed by atoms with E-state index >= 15 is 0 Å². The van der Waals surface area contributed by atoms with Crippen molar-refractivity contribution in [2.45, 2.75) is 38.0 Å². The molecule has 1 aromatic carbocycles. The number of aliphatic hydroxyl groups excluding tert-OH is 1. The van der Waals surface area contributed by atoms with Crippen molar-refractivity contribution in [1.29, 1.82) is 0 Å². The van der Waals surface area contributed by atoms with Crippen LogP contribution in [0.5, 0.6) is 0 Å². The third kappa shape index (κ3) is 5.64. The number of nitrogens with one attached hydrogen (secondary N) is 1. The number of benzene rings is 1. The summed E-state index contributed by atoms with van der Waals surface area (Å²) in [6.45, 7) is 0.653. The van der Waals surface area contributed by atoms with Crippen LogP contribution in [0, 0.1) is 5.82 Å². The quantitative estimate of drug-likeness (QED) is 0.624. The normalized spacial score (nSPS) is 19.0. The molecule has 0 spiro atoms. The Balaban J connectivity index is 1.65. The molecule has 28 heavy (non-hydrogen) atoms. The minimum atomic E-state index is -0.537. The molecule has 150 valence electrons. The van der Waals surface area contributed by atoms with Gasteiger partial charge in [0.05, 0.1) is 6.61 Å². The Labute approximate surface area is 167 Å². The molecule has 0 saturated carbocycles. The highest BCUT2D eigenvalue weighted by Gasteiger charge is 2.29. The maximum atomic E-state index is 13.8. The zero-order valence-electron chi connectivity index (χ0n) is 15.5. The number of rotatable bonds is 9. The average Bonchev–Trinajstić information content (AvgIpc) is 3.25. The molecule has 1 aliphatic rings. The van der Waals surface area contributed by atoms with Crippen molar-refractivity contribution in [2.75, 3.05) is 13.2 Å². The van der Waals surface area contributed by atoms with Gasteiger partial charge in [-0.05, 0) is 36.4 Å². The maximum absolute atomic E-state index is 13.8. The molecule has 2 heterocycles. The Morgan fingerprint density at radius 3 is 2.89 bits per heavy atom. The van der Waals surface area contributed by atoms with Crippen LogP contribution in [0.1, 0.15) is 35.6 Å². The van der Waals surface area contributed by atoms with Gasteiger partial charge in [0.25, 0.3) is 5.91 Å². The monoisotopic (exact) mass is 405 g/mol. The van der Waals surface area contributed by atoms with Gasteiger partial charge in [0.1, 0.15) is 5.82 Å². The van der Waals surface area contributed by atoms with Crippen LogP contribution in [0.4, 0.5) is 4.39 Å². The third-order valence-corrected chi connectivity index (χ3v) is 5.45. The van der Waals surface area contributed by atoms with Crippen LogP contribution < -0.4 is 5.32 Å². The molecule has 0 bridgehead atoms. The third-order valence-electron chi connectivity index (χ3n) is 4.44. The van der Waals surface area contributed by atoms with E-state index in [-0.39, 0.29) is 30.6 Å². The van der Waals surface area contributed by atoms with Gasteiger partial charge in [-0.3, -0.25) is 4.79 Å². The average molecular weight is 405 g/mol. The van der Waals surface area contributed by atoms with Crippen LogP contribution in [-0.2, 0) is 20.8 Å². The van der Waals surface area contributed by atoms with Crippen LogP contribution in [0.15, 0.2) is 53.6 Å². The number of allylic oxidation sites excluding steroid dienone is 1. The number of amides is 1. The molecule has 7 heteroatoms. The first-order valence-electron chi connectivity index (χ1n) is 9.33. The number of unbranched alkanes of at least 4 members (excludes halogenated alkanes) is 1. The van der Waals surface area contributed by atoms with Crippen molar-refractivity contribution in [3.8, 4) is 0 Å². The highest BCUT2D eigenvalue weighted by atomic mass is 32.1. The van der Waals surface area contributed by atoms with Crippen molar-refractivity contribution in [1.82, 2.24) is 5.32 Å². The van der Waals surface area contributed by atoms with Crippen LogP contribution >= 0.6 is 11.3 Å². The number of ether oxygens (including phenoxy) is 2. The fourth-order valence-corrected chi connectivity index (χ4v) is 3.76. The molecular weight excluding hydrogens is 381 g/mol. The van der Waals surface area contributed by atoms with Crippen molar-refractivity contribution < 1.29 is 23.8 Å². The fourth-order valence-electron chi connectivity index (χ4n) is 2.95. The van der Waals surface area contributed by atoms with E-state index < -0.39 is 12.2 Å². The van der Waals surface area contributed by atoms with E-state index in [1.807, 2.05) is 17.5 Å². The first-order chi connectivity index (χ1) is 13.7. The number of aliphatic hydroxyl groups is 1. The Hall–Kier alpha value is -2.22. The molecule has 1 aromatic heterocycles. The highest BCUT2D eigenvalue weighted by Crippen LogP contribution is 2.33. The molecule has 0 fully saturated rings. The van der Waals surface area contributed by atoms with Gasteiger partial charge in [0, 0.05) is 35.9 Å². The van der Waals surface area contributed by atoms with Crippen molar-refractivity contribution in [3.05, 3.63) is 69.9 Å². The van der Waals surface area contributed by atoms with E-state index in [1.165, 1.54) is 6.07 Å². The van der Waals surface area contributed by atoms with E-state index in [0.717, 1.165) is 11.3 Å². The standard InChI is InChI=1S/C21H24FNO4S/c22-17-7-2-1-6-15(17)14-23-21(25)18-12-16(19-8-5-11-28-19)13-20(27-18)26-10-4-3-9-24/h1-2,5-8,11-12,16,20,24H,3-4,9-10,13-14H2,(H,23,25)/t16-,20+/m0/s1. The van der Waals surface area contributed by atoms with E-state index in [9.17, 15) is 9.18 Å². The number of carbonyl (C=O) groups excluding carboxylic acids is 1. The first kappa shape index (κ1) is 20.5. The van der Waals surface area contributed by atoms with Gasteiger partial charge in [0.2, 0.25) is 6.29 Å². The number of carbonyl (C=O) groups is 1. The lowest BCUT2D eigenvalue weighted by atomic mass is 9.99. The van der Waals surface area contributed by atoms with Gasteiger partial charge in [-0.2, -0.15) is 0 Å². The summed E-state index contributed by atoms with van der Waals surface area (Å²) in [4.78, 5) is 13.7. The lowest BCUT2D eigenvalue weighted by molar-refractivity contribution is -0.146. The zero-order chi connectivity index (χ0) is 19.8. The Kier molecular flexibility index (Phi) is 7.59. The SMILES string of the molecule is O=C(NCc1ccccc1F)C1=C[C@H](c2cccs2)C[C@H](OCCCCO)O1. The Bertz CT molecular complexity index is 793. The molecule has 0 unspecified atom stereocenters. The highest BCUT2D eigenvalue weighted by molar-refractivity contribution is 7.10. The fraction of sp³-hybridized carbons (Fsp3) is 0.381. The molecule has 3 rings (SSSR count). The van der Waals surface area contributed by atoms with Crippen LogP contribution in [0.2, 0.25) is 0 Å². The number of hydrogen-bond acceptors (Lipinski definition) is 5. The van der Waals surface area contributed by atoms with Crippen molar-refractivity contribution >= 4 is 17.2 Å². The van der Waals surface area contributed by atoms with Gasteiger partial charge in [-0.15, -0.1) is 11.3 Å². The summed E-state index contributed by atoms with van der Waals surface area (Å²) in [5, 5.41) is 13.6. The molecule has 0 radical (unpaired) electrons. The minimum Gasteiger partial charge on any atom is -0.459 e. The predicted molar refractivity (Wildman–Crippen MR) is 105 cm³/mol. The summed E-state index contributed by atoms with van der Waals surface area (Å²) in [5.41, 5.74) is 0.416. The molecule has 2 aromatic rings. The largest absolute Gasteiger partial charge is 0.459 e. The van der Waals surface area contributed by atoms with E-state index in [1.54, 1.807) is 35.6 Å². The van der Waals surface area contributed by atoms with Gasteiger partial charge >= 0.3 is 0 Å². The lowest BCUT2D eigenvalue weighted by Crippen LogP contribution is -2.32. The molecule has 2 atom stereocenters. The summed E-state index contributed by atoms with van der Waals surface area (Å²) < 4.78 is 25.3. The Morgan fingerprint density at radius 2 is 2.14 bits per heavy atom. The topological polar surface area (TPSA) is 67.8 Å². The predicted octanol–water partition coefficient (Wildman–Crippen LogP) is 3.71. The molecule has 5 nitrogen and oxygen atoms in total. The second kappa shape index (κ2) is 10.4. The summed E-state index contributed by atoms with van der Waals surface area (Å²) >= 11 is 1.62. The maximum Gasteiger partial charge on any atom is 0.286 e. The smallest absolute Gasteiger partial charge is 0.286 e. The van der Waals surface area contributed by atoms with Crippen LogP contribution in [0.3, 0.4) is 0 Å². The van der Waals surface area contributed by atoms with E-state index in [0.29, 0.717) is 25.0 Å². The van der Waals surface area contributed by atoms with Gasteiger partial charge in [-0.25, -0.2) is 4.39 Å². The molecule has 1 amide bonds. The van der Waals surface area contributed by atoms with Gasteiger partial charge < -0.3 is 19.9 Å². The first-order valence-corrected chi connectivity index (χ1v) is 10.2. The zero-order valence-corrected chi connectivity index (χ0v) is 16.3. The van der Waals surface area contributed by atoms with E-state index in [2.05, 4.69) is 5.32 Å². The Morgan fingerprint density at radius 1 is 1.29 bits per heavy atom. The van der Waals surface area contributed by atoms with Crippen molar-refractivity contribution in [3.63, 3.8) is 0 Å². The lowest BCUT2D eigenvalue weighted by Gasteiger charge is -2.28. The van der Waals surface area contributed by atoms with E-state index in [4.69, 9.17) is 14.6 Å². The summed E-state index contributed by atoms with van der Waals surface area (Å²) in [7, 11) is 0. The summed E-state index contributed by atoms with van der Waals surface area (Å²) in [6, 6.07) is 10.3. The molecule has 1 aliphatic heterocycles. The number of thiophene rings is 1. The second-order valence-corrected chi connectivity index (χ2v) is 7.49. The van der Waals surface area contributed by atoms with Crippen LogP contribution in [-0.4, -0.2) is 30.5 Å². The van der Waals surface area contributed by atoms with Gasteiger partial charge in [-0.1, -0.05) is 24.3 Å². The minimum absolute atomic E-state index is 0.0193. The summed E-state index contributed by atoms with van der Waals surface area (Å²) in [6.07, 6.45) is 3.26. The molecule has 2 N–H and O–H groups in total. The summed E-state index contributed by atoms with van der Waals surface area (Å²) in [5.74, 6) is -0.546. The number of hydrogen-bond donors (Lipinski definition) is 2. The number of halogens is 1. The molecule has 0 saturated heterocycles. The second-order valence-electron chi connectivity index (χ2n) is 6.51. The molecule has 0 aliphatic carbocycles. The van der Waals surface area contributed by atoms with Crippen LogP contribution in [0.25, 0.3) is 0 Å². The van der Waals surface area contributed by atoms with Crippen molar-refractivity contribution in [2.24, 2.45) is 0 Å². The molecular formula is C21H24FNO4S.